The second-order valence-corrected chi connectivity index (χ2v) is 5.87. The Morgan fingerprint density at radius 2 is 2.12 bits per heavy atom. The first-order chi connectivity index (χ1) is 12.2. The van der Waals surface area contributed by atoms with Crippen LogP contribution in [0.15, 0.2) is 48.8 Å². The van der Waals surface area contributed by atoms with Gasteiger partial charge >= 0.3 is 0 Å². The summed E-state index contributed by atoms with van der Waals surface area (Å²) in [5.74, 6) is 0.960. The molecule has 0 aliphatic carbocycles. The van der Waals surface area contributed by atoms with E-state index in [1.807, 2.05) is 19.1 Å². The van der Waals surface area contributed by atoms with Crippen LogP contribution in [0.2, 0.25) is 0 Å². The van der Waals surface area contributed by atoms with Gasteiger partial charge in [-0.2, -0.15) is 0 Å². The number of carbonyl (C=O) groups excluding carboxylic acids is 2. The van der Waals surface area contributed by atoms with E-state index in [0.29, 0.717) is 36.6 Å². The highest BCUT2D eigenvalue weighted by molar-refractivity contribution is 5.98. The maximum absolute atomic E-state index is 12.7. The van der Waals surface area contributed by atoms with Crippen molar-refractivity contribution < 1.29 is 14.3 Å². The standard InChI is InChI=1S/C19H21N3O3/c1-2-18(23)22-12-6-9-16(22)19(24)21-15-8-3-4-10-17(15)25-14-7-5-11-20-13-14/h3-5,7-8,10-11,13,16H,2,6,9,12H2,1H3,(H,21,24)/t16-/m0/s1. The molecule has 3 rings (SSSR count). The van der Waals surface area contributed by atoms with E-state index < -0.39 is 6.04 Å². The van der Waals surface area contributed by atoms with E-state index in [4.69, 9.17) is 4.74 Å². The lowest BCUT2D eigenvalue weighted by Crippen LogP contribution is -2.42. The van der Waals surface area contributed by atoms with Gasteiger partial charge in [0.2, 0.25) is 11.8 Å². The molecule has 2 heterocycles. The number of aromatic nitrogens is 1. The van der Waals surface area contributed by atoms with Gasteiger partial charge in [-0.1, -0.05) is 19.1 Å². The number of para-hydroxylation sites is 2. The fraction of sp³-hybridized carbons (Fsp3) is 0.316. The lowest BCUT2D eigenvalue weighted by Gasteiger charge is -2.24. The normalized spacial score (nSPS) is 16.5. The van der Waals surface area contributed by atoms with E-state index in [1.54, 1.807) is 41.6 Å². The molecule has 1 saturated heterocycles. The molecule has 2 aromatic rings. The summed E-state index contributed by atoms with van der Waals surface area (Å²) in [6, 6.07) is 10.4. The molecule has 1 aliphatic heterocycles. The number of anilines is 1. The second kappa shape index (κ2) is 7.79. The zero-order valence-corrected chi connectivity index (χ0v) is 14.1. The van der Waals surface area contributed by atoms with Crippen molar-refractivity contribution in [1.82, 2.24) is 9.88 Å². The van der Waals surface area contributed by atoms with Crippen molar-refractivity contribution in [3.05, 3.63) is 48.8 Å². The molecule has 1 aliphatic rings. The Morgan fingerprint density at radius 1 is 1.28 bits per heavy atom. The number of amides is 2. The molecule has 6 heteroatoms. The predicted octanol–water partition coefficient (Wildman–Crippen LogP) is 3.21. The molecule has 130 valence electrons. The van der Waals surface area contributed by atoms with Crippen molar-refractivity contribution in [2.24, 2.45) is 0 Å². The van der Waals surface area contributed by atoms with Crippen molar-refractivity contribution in [3.63, 3.8) is 0 Å². The second-order valence-electron chi connectivity index (χ2n) is 5.87. The summed E-state index contributed by atoms with van der Waals surface area (Å²) in [6.45, 7) is 2.45. The molecular formula is C19H21N3O3. The van der Waals surface area contributed by atoms with Gasteiger partial charge in [0.05, 0.1) is 11.9 Å². The molecule has 6 nitrogen and oxygen atoms in total. The van der Waals surface area contributed by atoms with E-state index >= 15 is 0 Å². The van der Waals surface area contributed by atoms with Gasteiger partial charge in [0, 0.05) is 19.2 Å². The van der Waals surface area contributed by atoms with Gasteiger partial charge in [-0.05, 0) is 37.1 Å². The lowest BCUT2D eigenvalue weighted by atomic mass is 10.2. The number of hydrogen-bond acceptors (Lipinski definition) is 4. The fourth-order valence-corrected chi connectivity index (χ4v) is 2.95. The first kappa shape index (κ1) is 17.0. The monoisotopic (exact) mass is 339 g/mol. The molecule has 25 heavy (non-hydrogen) atoms. The number of hydrogen-bond donors (Lipinski definition) is 1. The zero-order chi connectivity index (χ0) is 17.6. The summed E-state index contributed by atoms with van der Waals surface area (Å²) >= 11 is 0. The first-order valence-electron chi connectivity index (χ1n) is 8.46. The van der Waals surface area contributed by atoms with Crippen LogP contribution in [0.4, 0.5) is 5.69 Å². The molecule has 1 N–H and O–H groups in total. The van der Waals surface area contributed by atoms with Crippen LogP contribution in [0.3, 0.4) is 0 Å². The van der Waals surface area contributed by atoms with Crippen molar-refractivity contribution in [2.75, 3.05) is 11.9 Å². The molecule has 1 atom stereocenters. The average molecular weight is 339 g/mol. The van der Waals surface area contributed by atoms with E-state index in [-0.39, 0.29) is 11.8 Å². The fourth-order valence-electron chi connectivity index (χ4n) is 2.95. The Balaban J connectivity index is 1.74. The topological polar surface area (TPSA) is 71.5 Å². The highest BCUT2D eigenvalue weighted by Crippen LogP contribution is 2.30. The summed E-state index contributed by atoms with van der Waals surface area (Å²) < 4.78 is 5.81. The van der Waals surface area contributed by atoms with E-state index in [2.05, 4.69) is 10.3 Å². The minimum Gasteiger partial charge on any atom is -0.454 e. The maximum Gasteiger partial charge on any atom is 0.247 e. The molecule has 2 amide bonds. The molecule has 0 radical (unpaired) electrons. The van der Waals surface area contributed by atoms with Crippen LogP contribution in [0, 0.1) is 0 Å². The van der Waals surface area contributed by atoms with Crippen LogP contribution >= 0.6 is 0 Å². The highest BCUT2D eigenvalue weighted by atomic mass is 16.5. The Morgan fingerprint density at radius 3 is 2.88 bits per heavy atom. The lowest BCUT2D eigenvalue weighted by molar-refractivity contribution is -0.136. The van der Waals surface area contributed by atoms with Gasteiger partial charge in [0.15, 0.2) is 5.75 Å². The first-order valence-corrected chi connectivity index (χ1v) is 8.46. The third-order valence-electron chi connectivity index (χ3n) is 4.19. The number of benzene rings is 1. The highest BCUT2D eigenvalue weighted by Gasteiger charge is 2.33. The van der Waals surface area contributed by atoms with Crippen LogP contribution in [0.1, 0.15) is 26.2 Å². The number of ether oxygens (including phenoxy) is 1. The number of likely N-dealkylation sites (tertiary alicyclic amines) is 1. The van der Waals surface area contributed by atoms with Gasteiger partial charge in [0.1, 0.15) is 11.8 Å². The zero-order valence-electron chi connectivity index (χ0n) is 14.1. The predicted molar refractivity (Wildman–Crippen MR) is 94.4 cm³/mol. The maximum atomic E-state index is 12.7. The van der Waals surface area contributed by atoms with E-state index in [9.17, 15) is 9.59 Å². The molecule has 1 aromatic carbocycles. The molecule has 0 unspecified atom stereocenters. The summed E-state index contributed by atoms with van der Waals surface area (Å²) in [5.41, 5.74) is 0.576. The third kappa shape index (κ3) is 3.96. The van der Waals surface area contributed by atoms with Crippen molar-refractivity contribution in [3.8, 4) is 11.5 Å². The smallest absolute Gasteiger partial charge is 0.247 e. The number of rotatable bonds is 5. The summed E-state index contributed by atoms with van der Waals surface area (Å²) in [5, 5.41) is 2.90. The Labute approximate surface area is 146 Å². The van der Waals surface area contributed by atoms with Gasteiger partial charge in [0.25, 0.3) is 0 Å². The van der Waals surface area contributed by atoms with Gasteiger partial charge < -0.3 is 15.0 Å². The van der Waals surface area contributed by atoms with Gasteiger partial charge in [-0.25, -0.2) is 0 Å². The molecular weight excluding hydrogens is 318 g/mol. The molecule has 0 spiro atoms. The minimum atomic E-state index is -0.418. The SMILES string of the molecule is CCC(=O)N1CCC[C@H]1C(=O)Nc1ccccc1Oc1cccnc1. The van der Waals surface area contributed by atoms with Gasteiger partial charge in [-0.15, -0.1) is 0 Å². The summed E-state index contributed by atoms with van der Waals surface area (Å²) in [7, 11) is 0. The van der Waals surface area contributed by atoms with Crippen LogP contribution in [0.25, 0.3) is 0 Å². The number of carbonyl (C=O) groups is 2. The molecule has 0 bridgehead atoms. The molecule has 0 saturated carbocycles. The van der Waals surface area contributed by atoms with E-state index in [1.165, 1.54) is 0 Å². The Bertz CT molecular complexity index is 749. The quantitative estimate of drug-likeness (QED) is 0.908. The molecule has 1 fully saturated rings. The van der Waals surface area contributed by atoms with Crippen LogP contribution < -0.4 is 10.1 Å². The van der Waals surface area contributed by atoms with Crippen molar-refractivity contribution in [1.29, 1.82) is 0 Å². The number of pyridine rings is 1. The summed E-state index contributed by atoms with van der Waals surface area (Å²) in [6.07, 6.45) is 5.21. The minimum absolute atomic E-state index is 0.0116. The average Bonchev–Trinajstić information content (AvgIpc) is 3.13. The van der Waals surface area contributed by atoms with Crippen molar-refractivity contribution >= 4 is 17.5 Å². The molecule has 1 aromatic heterocycles. The third-order valence-corrected chi connectivity index (χ3v) is 4.19. The van der Waals surface area contributed by atoms with Gasteiger partial charge in [-0.3, -0.25) is 14.6 Å². The Hall–Kier alpha value is -2.89. The van der Waals surface area contributed by atoms with Crippen LogP contribution in [-0.2, 0) is 9.59 Å². The van der Waals surface area contributed by atoms with E-state index in [0.717, 1.165) is 6.42 Å². The number of nitrogens with zero attached hydrogens (tertiary/aromatic N) is 2. The van der Waals surface area contributed by atoms with Crippen LogP contribution in [-0.4, -0.2) is 34.3 Å². The summed E-state index contributed by atoms with van der Waals surface area (Å²) in [4.78, 5) is 30.4. The Kier molecular flexibility index (Phi) is 5.28. The van der Waals surface area contributed by atoms with Crippen LogP contribution in [0.5, 0.6) is 11.5 Å². The number of nitrogens with one attached hydrogen (secondary N) is 1. The van der Waals surface area contributed by atoms with Crippen molar-refractivity contribution in [2.45, 2.75) is 32.2 Å². The largest absolute Gasteiger partial charge is 0.454 e.